The standard InChI is InChI=1S/C17H30N4OS2.HI/c1-5-18-17(19-11-16-12(3)20-13(4)23-16)21-14-8-7-9-15(10-14)24(22)6-2;/h14-15H,5-11H2,1-4H3,(H2,18,19,21);1H. The summed E-state index contributed by atoms with van der Waals surface area (Å²) in [6.45, 7) is 9.66. The predicted molar refractivity (Wildman–Crippen MR) is 120 cm³/mol. The quantitative estimate of drug-likeness (QED) is 0.358. The van der Waals surface area contributed by atoms with E-state index in [-0.39, 0.29) is 24.0 Å². The largest absolute Gasteiger partial charge is 0.357 e. The summed E-state index contributed by atoms with van der Waals surface area (Å²) >= 11 is 1.71. The molecule has 2 rings (SSSR count). The Hall–Kier alpha value is -0.220. The molecule has 0 saturated heterocycles. The Morgan fingerprint density at radius 3 is 2.72 bits per heavy atom. The second-order valence-electron chi connectivity index (χ2n) is 6.24. The molecule has 1 aliphatic carbocycles. The number of nitrogens with one attached hydrogen (secondary N) is 2. The summed E-state index contributed by atoms with van der Waals surface area (Å²) in [6.07, 6.45) is 4.33. The highest BCUT2D eigenvalue weighted by molar-refractivity contribution is 14.0. The normalized spacial score (nSPS) is 22.2. The van der Waals surface area contributed by atoms with E-state index in [9.17, 15) is 4.21 Å². The molecule has 0 aliphatic heterocycles. The molecule has 3 unspecified atom stereocenters. The summed E-state index contributed by atoms with van der Waals surface area (Å²) in [5, 5.41) is 8.30. The number of rotatable bonds is 6. The van der Waals surface area contributed by atoms with E-state index in [1.54, 1.807) is 11.3 Å². The zero-order valence-corrected chi connectivity index (χ0v) is 19.6. The van der Waals surface area contributed by atoms with Gasteiger partial charge in [-0.3, -0.25) is 4.21 Å². The van der Waals surface area contributed by atoms with Gasteiger partial charge in [0.2, 0.25) is 0 Å². The van der Waals surface area contributed by atoms with Gasteiger partial charge >= 0.3 is 0 Å². The Bertz CT molecular complexity index is 591. The van der Waals surface area contributed by atoms with Crippen molar-refractivity contribution >= 4 is 52.1 Å². The van der Waals surface area contributed by atoms with Crippen molar-refractivity contribution in [3.8, 4) is 0 Å². The number of halogens is 1. The molecule has 0 aromatic carbocycles. The molecule has 1 aromatic heterocycles. The molecule has 3 atom stereocenters. The van der Waals surface area contributed by atoms with Crippen LogP contribution in [-0.2, 0) is 17.3 Å². The van der Waals surface area contributed by atoms with E-state index in [1.165, 1.54) is 4.88 Å². The van der Waals surface area contributed by atoms with Gasteiger partial charge in [-0.1, -0.05) is 13.3 Å². The Morgan fingerprint density at radius 2 is 2.12 bits per heavy atom. The number of hydrogen-bond donors (Lipinski definition) is 2. The maximum absolute atomic E-state index is 12.1. The highest BCUT2D eigenvalue weighted by Crippen LogP contribution is 2.23. The first-order valence-corrected chi connectivity index (χ1v) is 11.1. The number of thiazole rings is 1. The lowest BCUT2D eigenvalue weighted by atomic mass is 9.95. The first-order valence-electron chi connectivity index (χ1n) is 8.88. The van der Waals surface area contributed by atoms with Gasteiger partial charge in [0.25, 0.3) is 0 Å². The minimum absolute atomic E-state index is 0. The molecule has 1 fully saturated rings. The van der Waals surface area contributed by atoms with Gasteiger partial charge in [0.1, 0.15) is 0 Å². The van der Waals surface area contributed by atoms with Crippen molar-refractivity contribution in [1.82, 2.24) is 15.6 Å². The van der Waals surface area contributed by atoms with Crippen molar-refractivity contribution in [3.63, 3.8) is 0 Å². The van der Waals surface area contributed by atoms with Crippen LogP contribution in [0.1, 0.15) is 55.1 Å². The summed E-state index contributed by atoms with van der Waals surface area (Å²) in [4.78, 5) is 10.4. The monoisotopic (exact) mass is 498 g/mol. The van der Waals surface area contributed by atoms with Gasteiger partial charge in [-0.2, -0.15) is 0 Å². The van der Waals surface area contributed by atoms with Crippen LogP contribution in [0.25, 0.3) is 0 Å². The van der Waals surface area contributed by atoms with E-state index in [0.29, 0.717) is 17.8 Å². The molecule has 8 heteroatoms. The molecular formula is C17H31IN4OS2. The number of aliphatic imine (C=N–C) groups is 1. The van der Waals surface area contributed by atoms with Gasteiger partial charge in [-0.25, -0.2) is 9.98 Å². The fraction of sp³-hybridized carbons (Fsp3) is 0.765. The summed E-state index contributed by atoms with van der Waals surface area (Å²) in [7, 11) is -0.693. The van der Waals surface area contributed by atoms with Crippen molar-refractivity contribution in [3.05, 3.63) is 15.6 Å². The summed E-state index contributed by atoms with van der Waals surface area (Å²) in [5.41, 5.74) is 1.08. The SMILES string of the molecule is CCNC(=NCc1sc(C)nc1C)NC1CCCC(S(=O)CC)C1.I. The Morgan fingerprint density at radius 1 is 1.36 bits per heavy atom. The molecule has 0 bridgehead atoms. The van der Waals surface area contributed by atoms with Gasteiger partial charge < -0.3 is 10.6 Å². The zero-order valence-electron chi connectivity index (χ0n) is 15.6. The lowest BCUT2D eigenvalue weighted by Crippen LogP contribution is -2.46. The predicted octanol–water partition coefficient (Wildman–Crippen LogP) is 3.51. The number of aromatic nitrogens is 1. The maximum Gasteiger partial charge on any atom is 0.191 e. The molecule has 144 valence electrons. The van der Waals surface area contributed by atoms with Gasteiger partial charge in [0.05, 0.1) is 17.2 Å². The van der Waals surface area contributed by atoms with Crippen molar-refractivity contribution < 1.29 is 4.21 Å². The van der Waals surface area contributed by atoms with Crippen LogP contribution in [0.4, 0.5) is 0 Å². The second-order valence-corrected chi connectivity index (χ2v) is 9.53. The van der Waals surface area contributed by atoms with Crippen LogP contribution in [0, 0.1) is 13.8 Å². The van der Waals surface area contributed by atoms with Crippen LogP contribution >= 0.6 is 35.3 Å². The first kappa shape index (κ1) is 22.8. The van der Waals surface area contributed by atoms with Crippen molar-refractivity contribution in [2.75, 3.05) is 12.3 Å². The zero-order chi connectivity index (χ0) is 17.5. The fourth-order valence-electron chi connectivity index (χ4n) is 3.13. The van der Waals surface area contributed by atoms with Crippen LogP contribution in [0.2, 0.25) is 0 Å². The lowest BCUT2D eigenvalue weighted by Gasteiger charge is -2.30. The molecule has 0 amide bonds. The third-order valence-electron chi connectivity index (χ3n) is 4.35. The summed E-state index contributed by atoms with van der Waals surface area (Å²) in [5.74, 6) is 1.62. The van der Waals surface area contributed by atoms with Gasteiger partial charge in [-0.05, 0) is 40.0 Å². The highest BCUT2D eigenvalue weighted by Gasteiger charge is 2.26. The van der Waals surface area contributed by atoms with Gasteiger partial charge in [0, 0.05) is 39.3 Å². The molecule has 0 spiro atoms. The highest BCUT2D eigenvalue weighted by atomic mass is 127. The third kappa shape index (κ3) is 7.13. The van der Waals surface area contributed by atoms with Gasteiger partial charge in [-0.15, -0.1) is 35.3 Å². The van der Waals surface area contributed by atoms with Crippen LogP contribution < -0.4 is 10.6 Å². The van der Waals surface area contributed by atoms with E-state index in [1.807, 2.05) is 20.8 Å². The topological polar surface area (TPSA) is 66.4 Å². The molecule has 1 aliphatic rings. The average Bonchev–Trinajstić information content (AvgIpc) is 2.90. The summed E-state index contributed by atoms with van der Waals surface area (Å²) in [6, 6.07) is 0.362. The molecule has 1 heterocycles. The Balaban J connectivity index is 0.00000312. The van der Waals surface area contributed by atoms with Crippen molar-refractivity contribution in [2.45, 2.75) is 71.2 Å². The molecule has 1 saturated carbocycles. The van der Waals surface area contributed by atoms with E-state index >= 15 is 0 Å². The second kappa shape index (κ2) is 11.5. The number of aryl methyl sites for hydroxylation is 2. The molecule has 25 heavy (non-hydrogen) atoms. The lowest BCUT2D eigenvalue weighted by molar-refractivity contribution is 0.413. The molecule has 5 nitrogen and oxygen atoms in total. The molecule has 2 N–H and O–H groups in total. The van der Waals surface area contributed by atoms with E-state index < -0.39 is 10.8 Å². The smallest absolute Gasteiger partial charge is 0.191 e. The van der Waals surface area contributed by atoms with Gasteiger partial charge in [0.15, 0.2) is 5.96 Å². The van der Waals surface area contributed by atoms with Crippen molar-refractivity contribution in [1.29, 1.82) is 0 Å². The number of hydrogen-bond acceptors (Lipinski definition) is 4. The Labute approximate surface area is 175 Å². The number of nitrogens with zero attached hydrogens (tertiary/aromatic N) is 2. The first-order chi connectivity index (χ1) is 11.5. The van der Waals surface area contributed by atoms with Crippen molar-refractivity contribution in [2.24, 2.45) is 4.99 Å². The minimum Gasteiger partial charge on any atom is -0.357 e. The molecular weight excluding hydrogens is 467 g/mol. The molecule has 0 radical (unpaired) electrons. The minimum atomic E-state index is -0.693. The van der Waals surface area contributed by atoms with E-state index in [0.717, 1.165) is 54.6 Å². The van der Waals surface area contributed by atoms with Crippen LogP contribution in [0.15, 0.2) is 4.99 Å². The summed E-state index contributed by atoms with van der Waals surface area (Å²) < 4.78 is 12.1. The maximum atomic E-state index is 12.1. The Kier molecular flexibility index (Phi) is 10.5. The van der Waals surface area contributed by atoms with Crippen LogP contribution in [0.5, 0.6) is 0 Å². The molecule has 1 aromatic rings. The van der Waals surface area contributed by atoms with E-state index in [4.69, 9.17) is 4.99 Å². The average molecular weight is 499 g/mol. The third-order valence-corrected chi connectivity index (χ3v) is 7.15. The fourth-order valence-corrected chi connectivity index (χ4v) is 5.34. The van der Waals surface area contributed by atoms with Crippen LogP contribution in [-0.4, -0.2) is 38.7 Å². The number of guanidine groups is 1. The van der Waals surface area contributed by atoms with E-state index in [2.05, 4.69) is 22.5 Å². The van der Waals surface area contributed by atoms with Crippen LogP contribution in [0.3, 0.4) is 0 Å².